The molecule has 4 aromatic rings. The molecule has 45 heavy (non-hydrogen) atoms. The van der Waals surface area contributed by atoms with Crippen LogP contribution in [-0.4, -0.2) is 103 Å². The number of H-pyrrole nitrogens is 1. The predicted molar refractivity (Wildman–Crippen MR) is 157 cm³/mol. The van der Waals surface area contributed by atoms with Crippen molar-refractivity contribution in [2.45, 2.75) is 49.1 Å². The van der Waals surface area contributed by atoms with Gasteiger partial charge in [-0.3, -0.25) is 32.4 Å². The average Bonchev–Trinajstić information content (AvgIpc) is 3.74. The minimum absolute atomic E-state index is 0.0288. The van der Waals surface area contributed by atoms with Gasteiger partial charge in [0.2, 0.25) is 5.95 Å². The van der Waals surface area contributed by atoms with E-state index in [-0.39, 0.29) is 17.1 Å². The highest BCUT2D eigenvalue weighted by Gasteiger charge is 2.52. The molecule has 24 heteroatoms. The third-order valence-corrected chi connectivity index (χ3v) is 10.5. The van der Waals surface area contributed by atoms with E-state index < -0.39 is 87.0 Å². The Morgan fingerprint density at radius 3 is 2.38 bits per heavy atom. The summed E-state index contributed by atoms with van der Waals surface area (Å²) in [5, 5.41) is 22.4. The van der Waals surface area contributed by atoms with Gasteiger partial charge in [-0.05, 0) is 29.7 Å². The number of nitrogens with one attached hydrogen (secondary N) is 1. The molecule has 3 fully saturated rings. The molecule has 20 nitrogen and oxygen atoms in total. The first-order valence-corrected chi connectivity index (χ1v) is 18.3. The van der Waals surface area contributed by atoms with Crippen LogP contribution in [-0.2, 0) is 51.2 Å². The van der Waals surface area contributed by atoms with Crippen LogP contribution in [0.3, 0.4) is 0 Å². The molecular formula is C21H24N8O12P2S2. The molecule has 7 heterocycles. The first-order valence-electron chi connectivity index (χ1n) is 13.1. The molecule has 7 rings (SSSR count). The largest absolute Gasteiger partial charge is 0.387 e. The molecule has 2 unspecified atom stereocenters. The molecule has 0 radical (unpaired) electrons. The van der Waals surface area contributed by atoms with Crippen molar-refractivity contribution in [3.05, 3.63) is 51.8 Å². The van der Waals surface area contributed by atoms with E-state index in [0.717, 1.165) is 4.57 Å². The van der Waals surface area contributed by atoms with Crippen molar-refractivity contribution in [1.82, 2.24) is 33.5 Å². The van der Waals surface area contributed by atoms with Crippen LogP contribution in [0.25, 0.3) is 16.8 Å². The fourth-order valence-corrected chi connectivity index (χ4v) is 8.23. The maximum atomic E-state index is 13.1. The summed E-state index contributed by atoms with van der Waals surface area (Å²) in [6.07, 6.45) is -5.84. The number of aliphatic hydroxyl groups is 2. The van der Waals surface area contributed by atoms with E-state index in [9.17, 15) is 29.6 Å². The summed E-state index contributed by atoms with van der Waals surface area (Å²) in [5.74, 6) is -0.222. The molecule has 3 aliphatic heterocycles. The summed E-state index contributed by atoms with van der Waals surface area (Å²) >= 11 is 10.4. The van der Waals surface area contributed by atoms with Gasteiger partial charge in [-0.1, -0.05) is 0 Å². The molecule has 0 spiro atoms. The van der Waals surface area contributed by atoms with Crippen LogP contribution >= 0.6 is 13.4 Å². The first kappa shape index (κ1) is 31.1. The number of hydrogen-bond donors (Lipinski definition) is 6. The summed E-state index contributed by atoms with van der Waals surface area (Å²) in [7, 11) is 0. The van der Waals surface area contributed by atoms with Crippen molar-refractivity contribution in [2.75, 3.05) is 18.9 Å². The summed E-state index contributed by atoms with van der Waals surface area (Å²) in [6.45, 7) is -9.60. The van der Waals surface area contributed by atoms with Gasteiger partial charge in [0, 0.05) is 18.6 Å². The Morgan fingerprint density at radius 2 is 1.62 bits per heavy atom. The number of ether oxygens (including phenoxy) is 2. The predicted octanol–water partition coefficient (Wildman–Crippen LogP) is -2.02. The Balaban J connectivity index is 1.21. The quantitative estimate of drug-likeness (QED) is 0.123. The van der Waals surface area contributed by atoms with Gasteiger partial charge in [0.25, 0.3) is 5.56 Å². The molecule has 7 N–H and O–H groups in total. The standard InChI is InChI=1S/C21H24N8O12P2S2/c22-20-25-16-11(17(32)26-20)24-7-29(16)19-15-12(30)8(38-19)5-36-42(34,44)40-14-9(6-37-43(35,45)41-15)39-18(13(14)31)28-3-1-10-23-2-4-27(10)21(28)33/h1-4,7-9,12-15,18-19,30-31H,5-6H2,(H,34,44)(H,35,45)(H3,22,25,26,32)/t8-,9-,12-,13-,14-,15-,18-,19-,42?,43?/m1/s1. The molecule has 0 saturated carbocycles. The van der Waals surface area contributed by atoms with E-state index in [4.69, 9.17) is 56.9 Å². The summed E-state index contributed by atoms with van der Waals surface area (Å²) in [4.78, 5) is 61.9. The zero-order valence-electron chi connectivity index (χ0n) is 22.4. The second-order valence-electron chi connectivity index (χ2n) is 10.2. The molecule has 242 valence electrons. The summed E-state index contributed by atoms with van der Waals surface area (Å²) in [6, 6.07) is 1.52. The molecule has 3 saturated heterocycles. The van der Waals surface area contributed by atoms with Gasteiger partial charge in [0.1, 0.15) is 42.3 Å². The second-order valence-corrected chi connectivity index (χ2v) is 15.8. The van der Waals surface area contributed by atoms with Crippen LogP contribution in [0, 0.1) is 0 Å². The molecule has 3 aliphatic rings. The van der Waals surface area contributed by atoms with Crippen molar-refractivity contribution in [2.24, 2.45) is 0 Å². The average molecular weight is 707 g/mol. The Bertz CT molecular complexity index is 2000. The molecule has 10 atom stereocenters. The Labute approximate surface area is 260 Å². The van der Waals surface area contributed by atoms with Crippen molar-refractivity contribution in [3.8, 4) is 0 Å². The number of nitrogens with zero attached hydrogens (tertiary/aromatic N) is 6. The summed E-state index contributed by atoms with van der Waals surface area (Å²) in [5.41, 5.74) is 4.70. The molecule has 2 bridgehead atoms. The Hall–Kier alpha value is -2.53. The maximum Gasteiger partial charge on any atom is 0.336 e. The number of imidazole rings is 2. The number of aromatic amines is 1. The van der Waals surface area contributed by atoms with Crippen molar-refractivity contribution < 1.29 is 47.6 Å². The molecule has 4 aromatic heterocycles. The van der Waals surface area contributed by atoms with Gasteiger partial charge < -0.3 is 44.3 Å². The highest BCUT2D eigenvalue weighted by Crippen LogP contribution is 2.53. The van der Waals surface area contributed by atoms with E-state index in [1.54, 1.807) is 0 Å². The second kappa shape index (κ2) is 11.3. The van der Waals surface area contributed by atoms with E-state index in [1.165, 1.54) is 40.0 Å². The molecule has 0 aromatic carbocycles. The van der Waals surface area contributed by atoms with Gasteiger partial charge in [0.05, 0.1) is 19.5 Å². The lowest BCUT2D eigenvalue weighted by Gasteiger charge is -2.28. The van der Waals surface area contributed by atoms with Crippen LogP contribution in [0.1, 0.15) is 12.5 Å². The van der Waals surface area contributed by atoms with Crippen LogP contribution < -0.4 is 17.0 Å². The number of rotatable bonds is 2. The minimum atomic E-state index is -4.25. The molecular weight excluding hydrogens is 682 g/mol. The first-order chi connectivity index (χ1) is 21.3. The zero-order chi connectivity index (χ0) is 31.8. The number of nitrogens with two attached hydrogens (primary N) is 1. The number of fused-ring (bicyclic) bond motifs is 5. The van der Waals surface area contributed by atoms with Gasteiger partial charge >= 0.3 is 19.1 Å². The topological polar surface area (TPSA) is 265 Å². The molecule has 0 amide bonds. The number of aliphatic hydroxyl groups excluding tert-OH is 2. The minimum Gasteiger partial charge on any atom is -0.387 e. The molecule has 0 aliphatic carbocycles. The lowest BCUT2D eigenvalue weighted by Crippen LogP contribution is -2.38. The van der Waals surface area contributed by atoms with Crippen LogP contribution in [0.15, 0.2) is 40.6 Å². The third-order valence-electron chi connectivity index (χ3n) is 7.42. The third kappa shape index (κ3) is 5.59. The van der Waals surface area contributed by atoms with Gasteiger partial charge in [0.15, 0.2) is 23.6 Å². The number of anilines is 1. The number of hydrogen-bond acceptors (Lipinski definition) is 16. The van der Waals surface area contributed by atoms with Crippen molar-refractivity contribution >= 4 is 59.8 Å². The van der Waals surface area contributed by atoms with Gasteiger partial charge in [-0.15, -0.1) is 0 Å². The Morgan fingerprint density at radius 1 is 0.933 bits per heavy atom. The summed E-state index contributed by atoms with van der Waals surface area (Å²) < 4.78 is 37.9. The highest BCUT2D eigenvalue weighted by atomic mass is 32.5. The van der Waals surface area contributed by atoms with E-state index >= 15 is 0 Å². The van der Waals surface area contributed by atoms with Gasteiger partial charge in [-0.2, -0.15) is 4.98 Å². The zero-order valence-corrected chi connectivity index (χ0v) is 25.9. The number of nitrogen functional groups attached to an aromatic ring is 1. The number of aromatic nitrogens is 7. The van der Waals surface area contributed by atoms with E-state index in [0.29, 0.717) is 5.65 Å². The lowest BCUT2D eigenvalue weighted by molar-refractivity contribution is -0.0622. The van der Waals surface area contributed by atoms with Crippen LogP contribution in [0.4, 0.5) is 5.95 Å². The maximum absolute atomic E-state index is 13.1. The highest BCUT2D eigenvalue weighted by molar-refractivity contribution is 8.07. The van der Waals surface area contributed by atoms with E-state index in [2.05, 4.69) is 19.9 Å². The Kier molecular flexibility index (Phi) is 7.82. The van der Waals surface area contributed by atoms with Crippen LogP contribution in [0.2, 0.25) is 0 Å². The smallest absolute Gasteiger partial charge is 0.336 e. The monoisotopic (exact) mass is 706 g/mol. The van der Waals surface area contributed by atoms with Crippen molar-refractivity contribution in [1.29, 1.82) is 0 Å². The fourth-order valence-electron chi connectivity index (χ4n) is 5.37. The van der Waals surface area contributed by atoms with Crippen molar-refractivity contribution in [3.63, 3.8) is 0 Å². The van der Waals surface area contributed by atoms with Crippen LogP contribution in [0.5, 0.6) is 0 Å². The van der Waals surface area contributed by atoms with E-state index in [1.807, 2.05) is 0 Å². The normalized spacial score (nSPS) is 37.7. The SMILES string of the molecule is Nc1nc2c(ncn2[C@@H]2O[C@@H]3COP(O)(=S)O[C@H]4[C@@H](O)[C@H](n5ccc6nccn6c5=O)O[C@@H]4COP(O)(=S)O[C@@H]2[C@@H]3O)c(=O)[nH]1. The fraction of sp³-hybridized carbons (Fsp3) is 0.476. The lowest BCUT2D eigenvalue weighted by atomic mass is 10.1. The van der Waals surface area contributed by atoms with Gasteiger partial charge in [-0.25, -0.2) is 14.8 Å².